The lowest BCUT2D eigenvalue weighted by Gasteiger charge is -2.13. The van der Waals surface area contributed by atoms with Gasteiger partial charge in [-0.2, -0.15) is 0 Å². The van der Waals surface area contributed by atoms with E-state index in [4.69, 9.17) is 9.15 Å². The van der Waals surface area contributed by atoms with Crippen LogP contribution in [0.25, 0.3) is 11.0 Å². The highest BCUT2D eigenvalue weighted by Crippen LogP contribution is 2.39. The zero-order chi connectivity index (χ0) is 17.4. The number of phenolic OH excluding ortho intramolecular Hbond substituents is 1. The van der Waals surface area contributed by atoms with Gasteiger partial charge in [-0.15, -0.1) is 0 Å². The van der Waals surface area contributed by atoms with Crippen molar-refractivity contribution in [1.82, 2.24) is 5.32 Å². The van der Waals surface area contributed by atoms with Crippen LogP contribution in [0.2, 0.25) is 0 Å². The molecule has 0 radical (unpaired) electrons. The van der Waals surface area contributed by atoms with E-state index in [1.165, 1.54) is 0 Å². The molecule has 4 rings (SSSR count). The molecule has 0 saturated heterocycles. The standard InChI is InChI=1S/C20H19NO4/c1-24-19-13-6-2-3-8-16(13)25-17(19)11-21-20(23)14-10-9-12-5-4-7-15(22)18(12)14/h2-8,14,22H,9-11H2,1H3,(H,21,23)/t14-/m1/s1. The molecule has 0 saturated carbocycles. The number of rotatable bonds is 4. The van der Waals surface area contributed by atoms with Crippen LogP contribution in [0.4, 0.5) is 0 Å². The fourth-order valence-electron chi connectivity index (χ4n) is 3.63. The van der Waals surface area contributed by atoms with Crippen molar-refractivity contribution < 1.29 is 19.1 Å². The lowest BCUT2D eigenvalue weighted by Crippen LogP contribution is -2.28. The molecule has 1 amide bonds. The zero-order valence-corrected chi connectivity index (χ0v) is 13.9. The maximum absolute atomic E-state index is 12.6. The van der Waals surface area contributed by atoms with Gasteiger partial charge in [0.1, 0.15) is 11.3 Å². The molecule has 128 valence electrons. The molecule has 1 aliphatic carbocycles. The van der Waals surface area contributed by atoms with Crippen LogP contribution >= 0.6 is 0 Å². The summed E-state index contributed by atoms with van der Waals surface area (Å²) < 4.78 is 11.3. The van der Waals surface area contributed by atoms with Crippen molar-refractivity contribution in [3.05, 3.63) is 59.4 Å². The average molecular weight is 337 g/mol. The molecule has 0 spiro atoms. The fraction of sp³-hybridized carbons (Fsp3) is 0.250. The maximum Gasteiger partial charge on any atom is 0.228 e. The van der Waals surface area contributed by atoms with E-state index in [2.05, 4.69) is 5.32 Å². The molecule has 25 heavy (non-hydrogen) atoms. The van der Waals surface area contributed by atoms with E-state index in [0.717, 1.165) is 28.5 Å². The van der Waals surface area contributed by atoms with Crippen LogP contribution in [0.3, 0.4) is 0 Å². The molecule has 1 aliphatic rings. The molecule has 0 bridgehead atoms. The highest BCUT2D eigenvalue weighted by atomic mass is 16.5. The number of amides is 1. The average Bonchev–Trinajstić information content (AvgIpc) is 3.21. The summed E-state index contributed by atoms with van der Waals surface area (Å²) in [6.07, 6.45) is 1.51. The van der Waals surface area contributed by atoms with Crippen molar-refractivity contribution in [3.8, 4) is 11.5 Å². The van der Waals surface area contributed by atoms with Crippen LogP contribution in [-0.2, 0) is 17.8 Å². The van der Waals surface area contributed by atoms with Gasteiger partial charge < -0.3 is 19.6 Å². The number of nitrogens with one attached hydrogen (secondary N) is 1. The third kappa shape index (κ3) is 2.61. The number of carbonyl (C=O) groups is 1. The molecule has 2 N–H and O–H groups in total. The number of furan rings is 1. The van der Waals surface area contributed by atoms with Gasteiger partial charge in [-0.1, -0.05) is 24.3 Å². The SMILES string of the molecule is COc1c(CNC(=O)[C@@H]2CCc3cccc(O)c32)oc2ccccc12. The number of hydrogen-bond donors (Lipinski definition) is 2. The van der Waals surface area contributed by atoms with Crippen molar-refractivity contribution in [3.63, 3.8) is 0 Å². The Morgan fingerprint density at radius 3 is 2.96 bits per heavy atom. The molecule has 0 aliphatic heterocycles. The fourth-order valence-corrected chi connectivity index (χ4v) is 3.63. The summed E-state index contributed by atoms with van der Waals surface area (Å²) in [7, 11) is 1.59. The molecular weight excluding hydrogens is 318 g/mol. The van der Waals surface area contributed by atoms with E-state index in [1.807, 2.05) is 36.4 Å². The first-order valence-electron chi connectivity index (χ1n) is 8.32. The van der Waals surface area contributed by atoms with Gasteiger partial charge in [0.25, 0.3) is 0 Å². The minimum Gasteiger partial charge on any atom is -0.508 e. The lowest BCUT2D eigenvalue weighted by molar-refractivity contribution is -0.122. The summed E-state index contributed by atoms with van der Waals surface area (Å²) in [4.78, 5) is 12.6. The van der Waals surface area contributed by atoms with E-state index in [1.54, 1.807) is 13.2 Å². The van der Waals surface area contributed by atoms with Crippen LogP contribution in [-0.4, -0.2) is 18.1 Å². The molecule has 3 aromatic rings. The predicted octanol–water partition coefficient (Wildman–Crippen LogP) is 3.49. The van der Waals surface area contributed by atoms with Gasteiger partial charge in [0, 0.05) is 5.56 Å². The Morgan fingerprint density at radius 2 is 2.12 bits per heavy atom. The lowest BCUT2D eigenvalue weighted by atomic mass is 9.99. The number of phenols is 1. The normalized spacial score (nSPS) is 16.0. The number of fused-ring (bicyclic) bond motifs is 2. The maximum atomic E-state index is 12.6. The largest absolute Gasteiger partial charge is 0.508 e. The van der Waals surface area contributed by atoms with Crippen molar-refractivity contribution in [2.45, 2.75) is 25.3 Å². The number of carbonyl (C=O) groups excluding carboxylic acids is 1. The number of ether oxygens (including phenoxy) is 1. The quantitative estimate of drug-likeness (QED) is 0.764. The summed E-state index contributed by atoms with van der Waals surface area (Å²) in [5, 5.41) is 13.9. The van der Waals surface area contributed by atoms with Gasteiger partial charge in [0.15, 0.2) is 11.5 Å². The summed E-state index contributed by atoms with van der Waals surface area (Å²) in [5.41, 5.74) is 2.52. The molecule has 0 unspecified atom stereocenters. The molecule has 1 atom stereocenters. The molecular formula is C20H19NO4. The second-order valence-corrected chi connectivity index (χ2v) is 6.21. The smallest absolute Gasteiger partial charge is 0.228 e. The molecule has 5 heteroatoms. The van der Waals surface area contributed by atoms with Crippen molar-refractivity contribution in [1.29, 1.82) is 0 Å². The van der Waals surface area contributed by atoms with Crippen LogP contribution in [0, 0.1) is 0 Å². The summed E-state index contributed by atoms with van der Waals surface area (Å²) in [6, 6.07) is 13.0. The minimum absolute atomic E-state index is 0.109. The number of aromatic hydroxyl groups is 1. The highest BCUT2D eigenvalue weighted by molar-refractivity contribution is 5.87. The van der Waals surface area contributed by atoms with Gasteiger partial charge in [-0.3, -0.25) is 4.79 Å². The Hall–Kier alpha value is -2.95. The van der Waals surface area contributed by atoms with E-state index in [-0.39, 0.29) is 24.1 Å². The van der Waals surface area contributed by atoms with Gasteiger partial charge in [-0.25, -0.2) is 0 Å². The monoisotopic (exact) mass is 337 g/mol. The van der Waals surface area contributed by atoms with Crippen LogP contribution in [0.5, 0.6) is 11.5 Å². The van der Waals surface area contributed by atoms with Crippen LogP contribution < -0.4 is 10.1 Å². The Bertz CT molecular complexity index is 944. The van der Waals surface area contributed by atoms with Crippen LogP contribution in [0.1, 0.15) is 29.2 Å². The van der Waals surface area contributed by atoms with E-state index in [9.17, 15) is 9.90 Å². The Labute approximate surface area is 145 Å². The zero-order valence-electron chi connectivity index (χ0n) is 13.9. The molecule has 0 fully saturated rings. The topological polar surface area (TPSA) is 71.7 Å². The number of benzene rings is 2. The molecule has 5 nitrogen and oxygen atoms in total. The van der Waals surface area contributed by atoms with Crippen LogP contribution in [0.15, 0.2) is 46.9 Å². The van der Waals surface area contributed by atoms with Gasteiger partial charge in [0.2, 0.25) is 5.91 Å². The van der Waals surface area contributed by atoms with Crippen molar-refractivity contribution in [2.75, 3.05) is 7.11 Å². The second kappa shape index (κ2) is 6.16. The first-order chi connectivity index (χ1) is 12.2. The Kier molecular flexibility index (Phi) is 3.84. The Morgan fingerprint density at radius 1 is 1.28 bits per heavy atom. The molecule has 2 aromatic carbocycles. The van der Waals surface area contributed by atoms with Crippen molar-refractivity contribution >= 4 is 16.9 Å². The number of para-hydroxylation sites is 1. The summed E-state index contributed by atoms with van der Waals surface area (Å²) in [5.74, 6) is 0.990. The number of methoxy groups -OCH3 is 1. The summed E-state index contributed by atoms with van der Waals surface area (Å²) in [6.45, 7) is 0.246. The minimum atomic E-state index is -0.327. The van der Waals surface area contributed by atoms with E-state index < -0.39 is 0 Å². The first-order valence-corrected chi connectivity index (χ1v) is 8.32. The predicted molar refractivity (Wildman–Crippen MR) is 93.8 cm³/mol. The molecule has 1 aromatic heterocycles. The van der Waals surface area contributed by atoms with Gasteiger partial charge in [-0.05, 0) is 36.6 Å². The Balaban J connectivity index is 1.54. The highest BCUT2D eigenvalue weighted by Gasteiger charge is 2.31. The first kappa shape index (κ1) is 15.6. The van der Waals surface area contributed by atoms with E-state index >= 15 is 0 Å². The molecule has 1 heterocycles. The number of aryl methyl sites for hydroxylation is 1. The van der Waals surface area contributed by atoms with Gasteiger partial charge >= 0.3 is 0 Å². The third-order valence-corrected chi connectivity index (χ3v) is 4.79. The third-order valence-electron chi connectivity index (χ3n) is 4.79. The number of hydrogen-bond acceptors (Lipinski definition) is 4. The summed E-state index contributed by atoms with van der Waals surface area (Å²) >= 11 is 0. The van der Waals surface area contributed by atoms with E-state index in [0.29, 0.717) is 17.9 Å². The second-order valence-electron chi connectivity index (χ2n) is 6.21. The van der Waals surface area contributed by atoms with Gasteiger partial charge in [0.05, 0.1) is 25.0 Å². The van der Waals surface area contributed by atoms with Crippen molar-refractivity contribution in [2.24, 2.45) is 0 Å².